The van der Waals surface area contributed by atoms with Crippen LogP contribution in [-0.2, 0) is 4.79 Å². The number of carbonyl (C=O) groups is 2. The molecule has 2 rings (SSSR count). The topological polar surface area (TPSA) is 76.1 Å². The normalized spacial score (nSPS) is 20.0. The van der Waals surface area contributed by atoms with Crippen molar-refractivity contribution in [3.05, 3.63) is 23.8 Å². The lowest BCUT2D eigenvalue weighted by Gasteiger charge is -2.23. The van der Waals surface area contributed by atoms with E-state index in [0.717, 1.165) is 6.42 Å². The number of aliphatic carboxylic acids is 1. The molecule has 1 N–H and O–H groups in total. The lowest BCUT2D eigenvalue weighted by molar-refractivity contribution is -0.142. The molecule has 1 aromatic carbocycles. The van der Waals surface area contributed by atoms with Crippen LogP contribution in [0.15, 0.2) is 18.2 Å². The second-order valence-electron chi connectivity index (χ2n) is 6.87. The Morgan fingerprint density at radius 1 is 1.32 bits per heavy atom. The van der Waals surface area contributed by atoms with Crippen LogP contribution in [-0.4, -0.2) is 48.2 Å². The van der Waals surface area contributed by atoms with Crippen LogP contribution in [0.5, 0.6) is 11.5 Å². The predicted molar refractivity (Wildman–Crippen MR) is 94.2 cm³/mol. The van der Waals surface area contributed by atoms with Crippen molar-refractivity contribution in [2.75, 3.05) is 20.3 Å². The van der Waals surface area contributed by atoms with Crippen LogP contribution < -0.4 is 9.47 Å². The lowest BCUT2D eigenvalue weighted by Crippen LogP contribution is -2.37. The fourth-order valence-corrected chi connectivity index (χ4v) is 3.05. The minimum Gasteiger partial charge on any atom is -0.493 e. The highest BCUT2D eigenvalue weighted by atomic mass is 16.5. The van der Waals surface area contributed by atoms with Crippen molar-refractivity contribution in [3.8, 4) is 11.5 Å². The molecule has 138 valence electrons. The molecule has 1 saturated heterocycles. The average molecular weight is 349 g/mol. The van der Waals surface area contributed by atoms with E-state index in [0.29, 0.717) is 42.6 Å². The molecule has 1 heterocycles. The Hall–Kier alpha value is -2.24. The minimum absolute atomic E-state index is 0.178. The zero-order chi connectivity index (χ0) is 18.6. The maximum atomic E-state index is 12.7. The Labute approximate surface area is 148 Å². The largest absolute Gasteiger partial charge is 0.493 e. The number of benzene rings is 1. The van der Waals surface area contributed by atoms with E-state index in [-0.39, 0.29) is 11.9 Å². The maximum Gasteiger partial charge on any atom is 0.308 e. The third kappa shape index (κ3) is 4.44. The van der Waals surface area contributed by atoms with Gasteiger partial charge >= 0.3 is 5.97 Å². The summed E-state index contributed by atoms with van der Waals surface area (Å²) in [6, 6.07) is 4.78. The standard InChI is InChI=1S/C19H27NO5/c1-12(2)8-10-25-16-6-5-14(11-17(16)24-4)18(21)20-9-7-15(13(20)3)19(22)23/h5-6,11-13,15H,7-10H2,1-4H3,(H,22,23). The third-order valence-electron chi connectivity index (χ3n) is 4.70. The first kappa shape index (κ1) is 19.1. The van der Waals surface area contributed by atoms with Gasteiger partial charge in [-0.1, -0.05) is 13.8 Å². The summed E-state index contributed by atoms with van der Waals surface area (Å²) in [6.07, 6.45) is 1.42. The molecule has 1 aliphatic rings. The zero-order valence-corrected chi connectivity index (χ0v) is 15.3. The first-order valence-corrected chi connectivity index (χ1v) is 8.69. The van der Waals surface area contributed by atoms with Crippen LogP contribution in [0.1, 0.15) is 44.0 Å². The number of carboxylic acid groups (broad SMARTS) is 1. The first-order valence-electron chi connectivity index (χ1n) is 8.69. The summed E-state index contributed by atoms with van der Waals surface area (Å²) < 4.78 is 11.1. The molecule has 0 saturated carbocycles. The Morgan fingerprint density at radius 2 is 2.04 bits per heavy atom. The number of carbonyl (C=O) groups excluding carboxylic acids is 1. The summed E-state index contributed by atoms with van der Waals surface area (Å²) in [5, 5.41) is 9.22. The van der Waals surface area contributed by atoms with Crippen molar-refractivity contribution >= 4 is 11.9 Å². The van der Waals surface area contributed by atoms with Crippen LogP contribution in [0, 0.1) is 11.8 Å². The quantitative estimate of drug-likeness (QED) is 0.819. The van der Waals surface area contributed by atoms with Gasteiger partial charge in [-0.3, -0.25) is 9.59 Å². The van der Waals surface area contributed by atoms with Gasteiger partial charge in [-0.25, -0.2) is 0 Å². The van der Waals surface area contributed by atoms with Gasteiger partial charge in [0.2, 0.25) is 0 Å². The third-order valence-corrected chi connectivity index (χ3v) is 4.70. The molecule has 6 heteroatoms. The predicted octanol–water partition coefficient (Wildman–Crippen LogP) is 3.06. The monoisotopic (exact) mass is 349 g/mol. The molecule has 2 unspecified atom stereocenters. The number of carboxylic acids is 1. The van der Waals surface area contributed by atoms with Gasteiger partial charge in [0.1, 0.15) is 0 Å². The van der Waals surface area contributed by atoms with Crippen LogP contribution >= 0.6 is 0 Å². The van der Waals surface area contributed by atoms with Gasteiger partial charge in [0, 0.05) is 18.2 Å². The highest BCUT2D eigenvalue weighted by Crippen LogP contribution is 2.31. The van der Waals surface area contributed by atoms with Gasteiger partial charge in [0.25, 0.3) is 5.91 Å². The zero-order valence-electron chi connectivity index (χ0n) is 15.3. The number of nitrogens with zero attached hydrogens (tertiary/aromatic N) is 1. The molecule has 0 radical (unpaired) electrons. The Morgan fingerprint density at radius 3 is 2.60 bits per heavy atom. The van der Waals surface area contributed by atoms with Crippen LogP contribution in [0.2, 0.25) is 0 Å². The molecule has 6 nitrogen and oxygen atoms in total. The Bertz CT molecular complexity index is 628. The van der Waals surface area contributed by atoms with Gasteiger partial charge in [0.15, 0.2) is 11.5 Å². The highest BCUT2D eigenvalue weighted by molar-refractivity contribution is 5.95. The van der Waals surface area contributed by atoms with Crippen molar-refractivity contribution in [2.45, 2.75) is 39.7 Å². The maximum absolute atomic E-state index is 12.7. The molecule has 0 aliphatic carbocycles. The molecule has 1 fully saturated rings. The van der Waals surface area contributed by atoms with E-state index in [9.17, 15) is 14.7 Å². The van der Waals surface area contributed by atoms with Gasteiger partial charge in [-0.05, 0) is 43.9 Å². The number of hydrogen-bond donors (Lipinski definition) is 1. The number of amides is 1. The summed E-state index contributed by atoms with van der Waals surface area (Å²) in [4.78, 5) is 25.6. The van der Waals surface area contributed by atoms with E-state index >= 15 is 0 Å². The second kappa shape index (κ2) is 8.23. The van der Waals surface area contributed by atoms with E-state index < -0.39 is 11.9 Å². The molecule has 25 heavy (non-hydrogen) atoms. The molecule has 1 aliphatic heterocycles. The molecule has 0 aromatic heterocycles. The first-order chi connectivity index (χ1) is 11.8. The molecule has 2 atom stereocenters. The highest BCUT2D eigenvalue weighted by Gasteiger charge is 2.38. The molecule has 1 aromatic rings. The number of rotatable bonds is 7. The van der Waals surface area contributed by atoms with E-state index in [2.05, 4.69) is 13.8 Å². The number of hydrogen-bond acceptors (Lipinski definition) is 4. The summed E-state index contributed by atoms with van der Waals surface area (Å²) in [6.45, 7) is 7.08. The van der Waals surface area contributed by atoms with Crippen molar-refractivity contribution in [2.24, 2.45) is 11.8 Å². The Balaban J connectivity index is 2.11. The average Bonchev–Trinajstić information content (AvgIpc) is 2.95. The van der Waals surface area contributed by atoms with Crippen LogP contribution in [0.4, 0.5) is 0 Å². The lowest BCUT2D eigenvalue weighted by atomic mass is 10.0. The summed E-state index contributed by atoms with van der Waals surface area (Å²) in [7, 11) is 1.54. The van der Waals surface area contributed by atoms with Crippen molar-refractivity contribution < 1.29 is 24.2 Å². The van der Waals surface area contributed by atoms with Gasteiger partial charge < -0.3 is 19.5 Å². The molecule has 0 spiro atoms. The van der Waals surface area contributed by atoms with E-state index in [4.69, 9.17) is 9.47 Å². The Kier molecular flexibility index (Phi) is 6.28. The molecule has 0 bridgehead atoms. The van der Waals surface area contributed by atoms with Crippen molar-refractivity contribution in [1.29, 1.82) is 0 Å². The number of methoxy groups -OCH3 is 1. The van der Waals surface area contributed by atoms with Crippen LogP contribution in [0.25, 0.3) is 0 Å². The van der Waals surface area contributed by atoms with Gasteiger partial charge in [-0.2, -0.15) is 0 Å². The molecule has 1 amide bonds. The second-order valence-corrected chi connectivity index (χ2v) is 6.87. The molecular formula is C19H27NO5. The van der Waals surface area contributed by atoms with Crippen molar-refractivity contribution in [3.63, 3.8) is 0 Å². The fourth-order valence-electron chi connectivity index (χ4n) is 3.05. The summed E-state index contributed by atoms with van der Waals surface area (Å²) in [5.74, 6) is 0.126. The van der Waals surface area contributed by atoms with Gasteiger partial charge in [0.05, 0.1) is 19.6 Å². The SMILES string of the molecule is COc1cc(C(=O)N2CCC(C(=O)O)C2C)ccc1OCCC(C)C. The van der Waals surface area contributed by atoms with Crippen molar-refractivity contribution in [1.82, 2.24) is 4.90 Å². The molecular weight excluding hydrogens is 322 g/mol. The summed E-state index contributed by atoms with van der Waals surface area (Å²) >= 11 is 0. The number of likely N-dealkylation sites (tertiary alicyclic amines) is 1. The fraction of sp³-hybridized carbons (Fsp3) is 0.579. The summed E-state index contributed by atoms with van der Waals surface area (Å²) in [5.41, 5.74) is 0.478. The number of ether oxygens (including phenoxy) is 2. The van der Waals surface area contributed by atoms with E-state index in [1.165, 1.54) is 7.11 Å². The smallest absolute Gasteiger partial charge is 0.308 e. The van der Waals surface area contributed by atoms with E-state index in [1.54, 1.807) is 30.0 Å². The van der Waals surface area contributed by atoms with E-state index in [1.807, 2.05) is 0 Å². The van der Waals surface area contributed by atoms with Crippen LogP contribution in [0.3, 0.4) is 0 Å². The van der Waals surface area contributed by atoms with Gasteiger partial charge in [-0.15, -0.1) is 0 Å². The minimum atomic E-state index is -0.853.